The van der Waals surface area contributed by atoms with Crippen LogP contribution in [0.15, 0.2) is 36.5 Å². The average molecular weight is 378 g/mol. The molecule has 3 aromatic rings. The van der Waals surface area contributed by atoms with Crippen LogP contribution in [0.4, 0.5) is 0 Å². The number of hydrogen-bond donors (Lipinski definition) is 0. The first-order valence-corrected chi connectivity index (χ1v) is 11.6. The minimum absolute atomic E-state index is 0.454. The second kappa shape index (κ2) is 7.36. The van der Waals surface area contributed by atoms with Gasteiger partial charge in [0, 0.05) is 11.9 Å². The van der Waals surface area contributed by atoms with Crippen molar-refractivity contribution in [3.8, 4) is 11.4 Å². The summed E-state index contributed by atoms with van der Waals surface area (Å²) in [7, 11) is -0.564. The van der Waals surface area contributed by atoms with Gasteiger partial charge in [0.15, 0.2) is 0 Å². The molecule has 2 aromatic heterocycles. The van der Waals surface area contributed by atoms with E-state index in [1.807, 2.05) is 31.2 Å². The Kier molecular flexibility index (Phi) is 5.37. The molecule has 0 amide bonds. The van der Waals surface area contributed by atoms with E-state index in [2.05, 4.69) is 34.4 Å². The van der Waals surface area contributed by atoms with Gasteiger partial charge in [-0.2, -0.15) is 0 Å². The number of hydrogen-bond acceptors (Lipinski definition) is 3. The number of para-hydroxylation sites is 2. The summed E-state index contributed by atoms with van der Waals surface area (Å²) in [5.41, 5.74) is 3.89. The van der Waals surface area contributed by atoms with E-state index in [0.29, 0.717) is 11.9 Å². The number of pyridine rings is 1. The Morgan fingerprint density at radius 2 is 1.92 bits per heavy atom. The lowest BCUT2D eigenvalue weighted by molar-refractivity contribution is 0.0934. The van der Waals surface area contributed by atoms with E-state index in [4.69, 9.17) is 21.3 Å². The van der Waals surface area contributed by atoms with Gasteiger partial charge in [-0.05, 0) is 49.5 Å². The first kappa shape index (κ1) is 18.2. The third kappa shape index (κ3) is 4.17. The number of ether oxygens (including phenoxy) is 1. The molecule has 0 aliphatic rings. The van der Waals surface area contributed by atoms with Gasteiger partial charge in [0.05, 0.1) is 23.2 Å². The van der Waals surface area contributed by atoms with Crippen LogP contribution in [0, 0.1) is 6.92 Å². The topological polar surface area (TPSA) is 39.9 Å². The number of aryl methyl sites for hydroxylation is 1. The number of fused-ring (bicyclic) bond motifs is 1. The van der Waals surface area contributed by atoms with Crippen molar-refractivity contribution in [1.29, 1.82) is 0 Å². The number of nitrogens with zero attached hydrogens (tertiary/aromatic N) is 3. The molecule has 0 atom stereocenters. The van der Waals surface area contributed by atoms with Gasteiger partial charge in [0.2, 0.25) is 0 Å². The average Bonchev–Trinajstić information content (AvgIpc) is 2.89. The minimum Gasteiger partial charge on any atom is -0.360 e. The summed E-state index contributed by atoms with van der Waals surface area (Å²) in [6, 6.07) is 10.0. The minimum atomic E-state index is -0.564. The number of rotatable bonds is 6. The Bertz CT molecular complexity index is 866. The van der Waals surface area contributed by atoms with E-state index in [9.17, 15) is 0 Å². The summed E-state index contributed by atoms with van der Waals surface area (Å²) >= 11 is 6.38. The Labute approximate surface area is 155 Å². The van der Waals surface area contributed by atoms with E-state index >= 15 is 0 Å². The van der Waals surface area contributed by atoms with Crippen molar-refractivity contribution in [3.63, 3.8) is 0 Å². The molecule has 0 bridgehead atoms. The molecule has 0 radical (unpaired) electrons. The summed E-state index contributed by atoms with van der Waals surface area (Å²) in [5.74, 6) is 1.89. The number of imidazole rings is 1. The zero-order valence-corrected chi connectivity index (χ0v) is 16.7. The van der Waals surface area contributed by atoms with E-state index in [1.165, 1.54) is 0 Å². The highest BCUT2D eigenvalue weighted by Gasteiger charge is 2.17. The van der Waals surface area contributed by atoms with Crippen LogP contribution in [0.3, 0.4) is 0 Å². The Morgan fingerprint density at radius 3 is 2.64 bits per heavy atom. The molecule has 0 spiro atoms. The third-order valence-corrected chi connectivity index (χ3v) is 5.73. The molecule has 3 rings (SSSR count). The first-order valence-electron chi connectivity index (χ1n) is 8.17. The standard InChI is InChI=1S/C19H24ClN3OS/c1-14-9-10-21-18(20)17(14)19-22-15-7-5-6-8-16(15)23(19)13-24-11-12-25(2,3)4/h5-10H,11-13H2,1-4H3. The normalized spacial score (nSPS) is 12.7. The van der Waals surface area contributed by atoms with Crippen molar-refractivity contribution < 1.29 is 4.74 Å². The zero-order chi connectivity index (χ0) is 18.0. The smallest absolute Gasteiger partial charge is 0.146 e. The van der Waals surface area contributed by atoms with Gasteiger partial charge in [0.1, 0.15) is 17.7 Å². The lowest BCUT2D eigenvalue weighted by Gasteiger charge is -2.24. The molecule has 0 saturated carbocycles. The predicted molar refractivity (Wildman–Crippen MR) is 109 cm³/mol. The highest BCUT2D eigenvalue weighted by Crippen LogP contribution is 2.34. The molecule has 0 aliphatic heterocycles. The molecule has 0 saturated heterocycles. The van der Waals surface area contributed by atoms with Crippen LogP contribution in [0.5, 0.6) is 0 Å². The fourth-order valence-corrected chi connectivity index (χ4v) is 3.56. The SMILES string of the molecule is Cc1ccnc(Cl)c1-c1nc2ccccc2n1COCCS(C)(C)C. The van der Waals surface area contributed by atoms with E-state index in [-0.39, 0.29) is 0 Å². The summed E-state index contributed by atoms with van der Waals surface area (Å²) in [6.45, 7) is 3.22. The molecule has 0 unspecified atom stereocenters. The van der Waals surface area contributed by atoms with Crippen LogP contribution in [-0.2, 0) is 11.5 Å². The maximum atomic E-state index is 6.38. The van der Waals surface area contributed by atoms with Gasteiger partial charge < -0.3 is 4.74 Å². The molecule has 134 valence electrons. The van der Waals surface area contributed by atoms with Gasteiger partial charge in [-0.1, -0.05) is 23.7 Å². The molecule has 0 aliphatic carbocycles. The van der Waals surface area contributed by atoms with Crippen molar-refractivity contribution in [2.24, 2.45) is 0 Å². The van der Waals surface area contributed by atoms with E-state index < -0.39 is 10.0 Å². The van der Waals surface area contributed by atoms with Crippen LogP contribution in [-0.4, -0.2) is 45.7 Å². The number of halogens is 1. The van der Waals surface area contributed by atoms with Gasteiger partial charge in [0.25, 0.3) is 0 Å². The monoisotopic (exact) mass is 377 g/mol. The summed E-state index contributed by atoms with van der Waals surface area (Å²) < 4.78 is 8.07. The lowest BCUT2D eigenvalue weighted by atomic mass is 10.1. The van der Waals surface area contributed by atoms with Crippen molar-refractivity contribution in [2.45, 2.75) is 13.7 Å². The van der Waals surface area contributed by atoms with Crippen molar-refractivity contribution in [1.82, 2.24) is 14.5 Å². The zero-order valence-electron chi connectivity index (χ0n) is 15.1. The van der Waals surface area contributed by atoms with Gasteiger partial charge >= 0.3 is 0 Å². The predicted octanol–water partition coefficient (Wildman–Crippen LogP) is 4.73. The summed E-state index contributed by atoms with van der Waals surface area (Å²) in [5, 5.41) is 0.468. The summed E-state index contributed by atoms with van der Waals surface area (Å²) in [6.07, 6.45) is 8.62. The molecule has 2 heterocycles. The van der Waals surface area contributed by atoms with Crippen molar-refractivity contribution in [3.05, 3.63) is 47.2 Å². The largest absolute Gasteiger partial charge is 0.360 e. The molecule has 0 fully saturated rings. The van der Waals surface area contributed by atoms with E-state index in [1.54, 1.807) is 6.20 Å². The highest BCUT2D eigenvalue weighted by atomic mass is 35.5. The quantitative estimate of drug-likeness (QED) is 0.460. The Hall–Kier alpha value is -1.56. The molecule has 6 heteroatoms. The Balaban J connectivity index is 1.98. The molecule has 4 nitrogen and oxygen atoms in total. The van der Waals surface area contributed by atoms with Gasteiger partial charge in [-0.15, -0.1) is 0 Å². The third-order valence-electron chi connectivity index (χ3n) is 4.05. The maximum absolute atomic E-state index is 6.38. The molecular weight excluding hydrogens is 354 g/mol. The second-order valence-corrected chi connectivity index (χ2v) is 11.9. The molecule has 1 aromatic carbocycles. The van der Waals surface area contributed by atoms with Crippen LogP contribution in [0.2, 0.25) is 5.15 Å². The van der Waals surface area contributed by atoms with Crippen molar-refractivity contribution in [2.75, 3.05) is 31.1 Å². The molecular formula is C19H24ClN3OS. The molecule has 0 N–H and O–H groups in total. The van der Waals surface area contributed by atoms with Crippen LogP contribution in [0.25, 0.3) is 22.4 Å². The lowest BCUT2D eigenvalue weighted by Crippen LogP contribution is -2.11. The maximum Gasteiger partial charge on any atom is 0.146 e. The first-order chi connectivity index (χ1) is 11.9. The highest BCUT2D eigenvalue weighted by molar-refractivity contribution is 8.32. The summed E-state index contributed by atoms with van der Waals surface area (Å²) in [4.78, 5) is 9.03. The van der Waals surface area contributed by atoms with Crippen LogP contribution in [0.1, 0.15) is 5.56 Å². The fourth-order valence-electron chi connectivity index (χ4n) is 2.66. The van der Waals surface area contributed by atoms with Crippen molar-refractivity contribution >= 4 is 32.7 Å². The second-order valence-electron chi connectivity index (χ2n) is 6.98. The number of benzene rings is 1. The van der Waals surface area contributed by atoms with E-state index in [0.717, 1.165) is 40.3 Å². The number of aromatic nitrogens is 3. The fraction of sp³-hybridized carbons (Fsp3) is 0.368. The van der Waals surface area contributed by atoms with Gasteiger partial charge in [-0.25, -0.2) is 20.0 Å². The molecule has 25 heavy (non-hydrogen) atoms. The van der Waals surface area contributed by atoms with Crippen LogP contribution >= 0.6 is 21.6 Å². The van der Waals surface area contributed by atoms with Crippen LogP contribution < -0.4 is 0 Å². The Morgan fingerprint density at radius 1 is 1.16 bits per heavy atom. The van der Waals surface area contributed by atoms with Gasteiger partial charge in [-0.3, -0.25) is 4.57 Å².